The van der Waals surface area contributed by atoms with Crippen LogP contribution in [-0.2, 0) is 9.47 Å². The lowest BCUT2D eigenvalue weighted by Gasteiger charge is -2.47. The van der Waals surface area contributed by atoms with E-state index in [4.69, 9.17) is 9.47 Å². The Morgan fingerprint density at radius 1 is 0.667 bits per heavy atom. The van der Waals surface area contributed by atoms with E-state index in [0.717, 1.165) is 36.9 Å². The molecule has 0 bridgehead atoms. The molecule has 2 unspecified atom stereocenters. The first-order valence-corrected chi connectivity index (χ1v) is 11.6. The van der Waals surface area contributed by atoms with E-state index in [9.17, 15) is 0 Å². The van der Waals surface area contributed by atoms with Gasteiger partial charge in [-0.3, -0.25) is 0 Å². The Morgan fingerprint density at radius 3 is 1.59 bits per heavy atom. The molecule has 0 aromatic carbocycles. The van der Waals surface area contributed by atoms with E-state index >= 15 is 0 Å². The molecule has 2 aliphatic rings. The predicted molar refractivity (Wildman–Crippen MR) is 114 cm³/mol. The van der Waals surface area contributed by atoms with Gasteiger partial charge in [0, 0.05) is 40.5 Å². The summed E-state index contributed by atoms with van der Waals surface area (Å²) < 4.78 is 10.4. The molecule has 27 heavy (non-hydrogen) atoms. The molecule has 0 radical (unpaired) electrons. The lowest BCUT2D eigenvalue weighted by molar-refractivity contribution is 0.0166. The average molecular weight is 383 g/mol. The SMILES string of the molecule is COCCCCCN1CC[C@H](C)C(C2CN(CCCCOC)CC[C@H]2C)C1. The summed E-state index contributed by atoms with van der Waals surface area (Å²) in [4.78, 5) is 5.51. The fourth-order valence-electron chi connectivity index (χ4n) is 5.20. The van der Waals surface area contributed by atoms with Crippen molar-refractivity contribution in [2.45, 2.75) is 58.8 Å². The number of rotatable bonds is 12. The van der Waals surface area contributed by atoms with E-state index < -0.39 is 0 Å². The molecule has 4 atom stereocenters. The fraction of sp³-hybridized carbons (Fsp3) is 1.00. The summed E-state index contributed by atoms with van der Waals surface area (Å²) in [7, 11) is 3.62. The standard InChI is InChI=1S/C23H46N2O2/c1-20-10-14-24(12-6-5-8-16-26-3)18-22(20)23-19-25(15-11-21(23)2)13-7-9-17-27-4/h20-23H,5-19H2,1-4H3/t20-,21+,22?,23?/m0/s1. The molecule has 0 amide bonds. The van der Waals surface area contributed by atoms with E-state index in [1.54, 1.807) is 0 Å². The molecule has 0 aromatic rings. The number of hydrogen-bond acceptors (Lipinski definition) is 4. The van der Waals surface area contributed by atoms with Crippen LogP contribution in [0.1, 0.15) is 58.8 Å². The van der Waals surface area contributed by atoms with Crippen LogP contribution in [0.4, 0.5) is 0 Å². The van der Waals surface area contributed by atoms with Crippen molar-refractivity contribution in [3.05, 3.63) is 0 Å². The highest BCUT2D eigenvalue weighted by Crippen LogP contribution is 2.37. The summed E-state index contributed by atoms with van der Waals surface area (Å²) >= 11 is 0. The Labute approximate surface area is 169 Å². The van der Waals surface area contributed by atoms with Gasteiger partial charge in [0.05, 0.1) is 0 Å². The van der Waals surface area contributed by atoms with Gasteiger partial charge in [0.2, 0.25) is 0 Å². The minimum atomic E-state index is 0.882. The minimum Gasteiger partial charge on any atom is -0.385 e. The molecule has 160 valence electrons. The summed E-state index contributed by atoms with van der Waals surface area (Å²) in [5.74, 6) is 3.53. The molecule has 0 N–H and O–H groups in total. The zero-order valence-electron chi connectivity index (χ0n) is 18.6. The monoisotopic (exact) mass is 382 g/mol. The van der Waals surface area contributed by atoms with E-state index in [1.165, 1.54) is 84.2 Å². The van der Waals surface area contributed by atoms with Crippen LogP contribution in [0.25, 0.3) is 0 Å². The Morgan fingerprint density at radius 2 is 1.11 bits per heavy atom. The molecule has 0 aromatic heterocycles. The zero-order valence-corrected chi connectivity index (χ0v) is 18.6. The molecule has 2 saturated heterocycles. The van der Waals surface area contributed by atoms with Crippen molar-refractivity contribution < 1.29 is 9.47 Å². The minimum absolute atomic E-state index is 0.882. The summed E-state index contributed by atoms with van der Waals surface area (Å²) in [6.45, 7) is 14.7. The highest BCUT2D eigenvalue weighted by atomic mass is 16.5. The molecule has 2 fully saturated rings. The number of ether oxygens (including phenoxy) is 2. The van der Waals surface area contributed by atoms with Gasteiger partial charge in [-0.15, -0.1) is 0 Å². The third-order valence-electron chi connectivity index (χ3n) is 7.15. The predicted octanol–water partition coefficient (Wildman–Crippen LogP) is 4.15. The van der Waals surface area contributed by atoms with Gasteiger partial charge in [0.15, 0.2) is 0 Å². The van der Waals surface area contributed by atoms with Crippen LogP contribution < -0.4 is 0 Å². The largest absolute Gasteiger partial charge is 0.385 e. The Bertz CT molecular complexity index is 379. The van der Waals surface area contributed by atoms with Crippen molar-refractivity contribution in [1.82, 2.24) is 9.80 Å². The van der Waals surface area contributed by atoms with Crippen LogP contribution in [0.3, 0.4) is 0 Å². The van der Waals surface area contributed by atoms with E-state index in [2.05, 4.69) is 23.6 Å². The summed E-state index contributed by atoms with van der Waals surface area (Å²) in [6, 6.07) is 0. The number of unbranched alkanes of at least 4 members (excludes halogenated alkanes) is 3. The van der Waals surface area contributed by atoms with Crippen molar-refractivity contribution in [3.63, 3.8) is 0 Å². The van der Waals surface area contributed by atoms with E-state index in [1.807, 2.05) is 14.2 Å². The van der Waals surface area contributed by atoms with Gasteiger partial charge in [-0.25, -0.2) is 0 Å². The topological polar surface area (TPSA) is 24.9 Å². The molecular formula is C23H46N2O2. The first kappa shape index (κ1) is 23.1. The molecule has 0 saturated carbocycles. The van der Waals surface area contributed by atoms with Gasteiger partial charge in [-0.1, -0.05) is 13.8 Å². The highest BCUT2D eigenvalue weighted by molar-refractivity contribution is 4.89. The molecular weight excluding hydrogens is 336 g/mol. The second-order valence-corrected chi connectivity index (χ2v) is 9.21. The first-order chi connectivity index (χ1) is 13.2. The maximum absolute atomic E-state index is 5.21. The quantitative estimate of drug-likeness (QED) is 0.474. The molecule has 2 aliphatic heterocycles. The third-order valence-corrected chi connectivity index (χ3v) is 7.15. The van der Waals surface area contributed by atoms with E-state index in [0.29, 0.717) is 0 Å². The molecule has 2 heterocycles. The summed E-state index contributed by atoms with van der Waals surface area (Å²) in [5.41, 5.74) is 0. The first-order valence-electron chi connectivity index (χ1n) is 11.6. The van der Waals surface area contributed by atoms with Crippen molar-refractivity contribution in [2.24, 2.45) is 23.7 Å². The number of hydrogen-bond donors (Lipinski definition) is 0. The summed E-state index contributed by atoms with van der Waals surface area (Å²) in [6.07, 6.45) is 9.10. The summed E-state index contributed by atoms with van der Waals surface area (Å²) in [5, 5.41) is 0. The van der Waals surface area contributed by atoms with Crippen molar-refractivity contribution in [1.29, 1.82) is 0 Å². The van der Waals surface area contributed by atoms with Crippen LogP contribution in [0.2, 0.25) is 0 Å². The van der Waals surface area contributed by atoms with Crippen LogP contribution in [0.5, 0.6) is 0 Å². The molecule has 4 nitrogen and oxygen atoms in total. The Balaban J connectivity index is 1.79. The average Bonchev–Trinajstić information content (AvgIpc) is 2.67. The van der Waals surface area contributed by atoms with Crippen LogP contribution in [0, 0.1) is 23.7 Å². The third kappa shape index (κ3) is 8.00. The lowest BCUT2D eigenvalue weighted by atomic mass is 9.70. The van der Waals surface area contributed by atoms with Crippen molar-refractivity contribution >= 4 is 0 Å². The normalized spacial score (nSPS) is 30.7. The molecule has 0 spiro atoms. The second kappa shape index (κ2) is 13.1. The molecule has 4 heteroatoms. The second-order valence-electron chi connectivity index (χ2n) is 9.21. The number of likely N-dealkylation sites (tertiary alicyclic amines) is 2. The maximum atomic E-state index is 5.21. The van der Waals surface area contributed by atoms with Gasteiger partial charge in [-0.2, -0.15) is 0 Å². The Hall–Kier alpha value is -0.160. The van der Waals surface area contributed by atoms with Gasteiger partial charge in [0.1, 0.15) is 0 Å². The number of methoxy groups -OCH3 is 2. The van der Waals surface area contributed by atoms with Gasteiger partial charge < -0.3 is 19.3 Å². The molecule has 2 rings (SSSR count). The van der Waals surface area contributed by atoms with Crippen molar-refractivity contribution in [2.75, 3.05) is 66.7 Å². The smallest absolute Gasteiger partial charge is 0.0462 e. The van der Waals surface area contributed by atoms with Gasteiger partial charge >= 0.3 is 0 Å². The number of nitrogens with zero attached hydrogens (tertiary/aromatic N) is 2. The van der Waals surface area contributed by atoms with Crippen molar-refractivity contribution in [3.8, 4) is 0 Å². The maximum Gasteiger partial charge on any atom is 0.0462 e. The Kier molecular flexibility index (Phi) is 11.2. The van der Waals surface area contributed by atoms with Crippen LogP contribution in [0.15, 0.2) is 0 Å². The fourth-order valence-corrected chi connectivity index (χ4v) is 5.20. The highest BCUT2D eigenvalue weighted by Gasteiger charge is 2.37. The zero-order chi connectivity index (χ0) is 19.5. The van der Waals surface area contributed by atoms with Crippen LogP contribution in [-0.4, -0.2) is 76.5 Å². The van der Waals surface area contributed by atoms with Gasteiger partial charge in [0.25, 0.3) is 0 Å². The molecule has 0 aliphatic carbocycles. The lowest BCUT2D eigenvalue weighted by Crippen LogP contribution is -2.50. The van der Waals surface area contributed by atoms with E-state index in [-0.39, 0.29) is 0 Å². The van der Waals surface area contributed by atoms with Gasteiger partial charge in [-0.05, 0) is 94.8 Å². The van der Waals surface area contributed by atoms with Crippen LogP contribution >= 0.6 is 0 Å². The number of piperidine rings is 2.